The molecule has 1 aromatic heterocycles. The van der Waals surface area contributed by atoms with Gasteiger partial charge in [0.25, 0.3) is 0 Å². The molecule has 0 aliphatic carbocycles. The van der Waals surface area contributed by atoms with E-state index in [-0.39, 0.29) is 5.00 Å². The molecule has 4 heteroatoms. The summed E-state index contributed by atoms with van der Waals surface area (Å²) in [5.41, 5.74) is 0. The lowest BCUT2D eigenvalue weighted by molar-refractivity contribution is -0.380. The van der Waals surface area contributed by atoms with Gasteiger partial charge >= 0.3 is 5.00 Å². The van der Waals surface area contributed by atoms with Gasteiger partial charge in [-0.05, 0) is 13.0 Å². The number of hydrogen-bond donors (Lipinski definition) is 0. The van der Waals surface area contributed by atoms with E-state index in [4.69, 9.17) is 0 Å². The van der Waals surface area contributed by atoms with Crippen LogP contribution < -0.4 is 0 Å². The predicted octanol–water partition coefficient (Wildman–Crippen LogP) is 2.03. The van der Waals surface area contributed by atoms with Gasteiger partial charge in [-0.1, -0.05) is 17.3 Å². The molecule has 0 fully saturated rings. The average Bonchev–Trinajstić information content (AvgIpc) is 2.37. The van der Waals surface area contributed by atoms with Gasteiger partial charge in [0.05, 0.1) is 9.80 Å². The van der Waals surface area contributed by atoms with Crippen LogP contribution in [0.5, 0.6) is 0 Å². The summed E-state index contributed by atoms with van der Waals surface area (Å²) < 4.78 is 0. The fourth-order valence-electron chi connectivity index (χ4n) is 0.616. The maximum absolute atomic E-state index is 10.2. The Bertz CT molecular complexity index is 332. The third kappa shape index (κ3) is 1.79. The minimum Gasteiger partial charge on any atom is -0.258 e. The molecule has 0 aliphatic rings. The molecule has 0 N–H and O–H groups in total. The summed E-state index contributed by atoms with van der Waals surface area (Å²) in [6.07, 6.45) is 0. The number of thiophene rings is 1. The van der Waals surface area contributed by atoms with Crippen molar-refractivity contribution in [1.82, 2.24) is 0 Å². The molecule has 0 amide bonds. The molecule has 0 atom stereocenters. The van der Waals surface area contributed by atoms with Crippen molar-refractivity contribution in [2.45, 2.75) is 6.92 Å². The minimum absolute atomic E-state index is 0.141. The number of hydrogen-bond acceptors (Lipinski definition) is 3. The van der Waals surface area contributed by atoms with E-state index >= 15 is 0 Å². The number of nitrogens with zero attached hydrogens (tertiary/aromatic N) is 1. The SMILES string of the molecule is CC#Cc1ccc([N+](=O)[O-])s1. The van der Waals surface area contributed by atoms with E-state index in [1.807, 2.05) is 0 Å². The zero-order chi connectivity index (χ0) is 8.27. The Labute approximate surface area is 67.8 Å². The van der Waals surface area contributed by atoms with Gasteiger partial charge in [0, 0.05) is 6.07 Å². The van der Waals surface area contributed by atoms with Gasteiger partial charge in [0.1, 0.15) is 0 Å². The molecule has 0 radical (unpaired) electrons. The zero-order valence-corrected chi connectivity index (χ0v) is 6.64. The lowest BCUT2D eigenvalue weighted by atomic mass is 10.4. The lowest BCUT2D eigenvalue weighted by Gasteiger charge is -1.78. The largest absolute Gasteiger partial charge is 0.325 e. The molecule has 0 saturated carbocycles. The topological polar surface area (TPSA) is 43.1 Å². The van der Waals surface area contributed by atoms with Crippen LogP contribution in [0, 0.1) is 22.0 Å². The molecule has 0 saturated heterocycles. The fraction of sp³-hybridized carbons (Fsp3) is 0.143. The summed E-state index contributed by atoms with van der Waals surface area (Å²) >= 11 is 1.09. The Morgan fingerprint density at radius 2 is 2.36 bits per heavy atom. The van der Waals surface area contributed by atoms with Crippen molar-refractivity contribution in [3.05, 3.63) is 27.1 Å². The van der Waals surface area contributed by atoms with Gasteiger partial charge in [-0.2, -0.15) is 0 Å². The lowest BCUT2D eigenvalue weighted by Crippen LogP contribution is -1.80. The Balaban J connectivity index is 2.96. The molecule has 11 heavy (non-hydrogen) atoms. The quantitative estimate of drug-likeness (QED) is 0.365. The van der Waals surface area contributed by atoms with Gasteiger partial charge in [-0.25, -0.2) is 0 Å². The predicted molar refractivity (Wildman–Crippen MR) is 43.5 cm³/mol. The number of rotatable bonds is 1. The van der Waals surface area contributed by atoms with Crippen molar-refractivity contribution in [1.29, 1.82) is 0 Å². The Hall–Kier alpha value is -1.34. The molecule has 3 nitrogen and oxygen atoms in total. The second-order valence-electron chi connectivity index (χ2n) is 1.77. The molecule has 0 spiro atoms. The first-order chi connectivity index (χ1) is 5.24. The molecule has 0 bridgehead atoms. The van der Waals surface area contributed by atoms with Gasteiger partial charge < -0.3 is 0 Å². The van der Waals surface area contributed by atoms with Crippen LogP contribution in [0.3, 0.4) is 0 Å². The highest BCUT2D eigenvalue weighted by Gasteiger charge is 2.07. The summed E-state index contributed by atoms with van der Waals surface area (Å²) in [5, 5.41) is 10.3. The van der Waals surface area contributed by atoms with Gasteiger partial charge in [0.15, 0.2) is 0 Å². The molecule has 1 rings (SSSR count). The minimum atomic E-state index is -0.411. The van der Waals surface area contributed by atoms with E-state index < -0.39 is 4.92 Å². The maximum atomic E-state index is 10.2. The van der Waals surface area contributed by atoms with Crippen LogP contribution >= 0.6 is 11.3 Å². The molecule has 1 heterocycles. The van der Waals surface area contributed by atoms with Crippen LogP contribution in [0.15, 0.2) is 12.1 Å². The molecular weight excluding hydrogens is 162 g/mol. The molecule has 0 aromatic carbocycles. The van der Waals surface area contributed by atoms with E-state index in [0.717, 1.165) is 16.2 Å². The van der Waals surface area contributed by atoms with Gasteiger partial charge in [0.2, 0.25) is 0 Å². The van der Waals surface area contributed by atoms with E-state index in [9.17, 15) is 10.1 Å². The van der Waals surface area contributed by atoms with Gasteiger partial charge in [-0.15, -0.1) is 5.92 Å². The Morgan fingerprint density at radius 3 is 2.82 bits per heavy atom. The van der Waals surface area contributed by atoms with Crippen LogP contribution in [-0.2, 0) is 0 Å². The van der Waals surface area contributed by atoms with Crippen LogP contribution in [0.1, 0.15) is 11.8 Å². The zero-order valence-electron chi connectivity index (χ0n) is 5.83. The third-order valence-electron chi connectivity index (χ3n) is 1.02. The highest BCUT2D eigenvalue weighted by molar-refractivity contribution is 7.15. The van der Waals surface area contributed by atoms with E-state index in [1.54, 1.807) is 13.0 Å². The second kappa shape index (κ2) is 3.17. The highest BCUT2D eigenvalue weighted by atomic mass is 32.1. The van der Waals surface area contributed by atoms with Crippen molar-refractivity contribution in [3.63, 3.8) is 0 Å². The van der Waals surface area contributed by atoms with Crippen LogP contribution in [0.2, 0.25) is 0 Å². The van der Waals surface area contributed by atoms with E-state index in [0.29, 0.717) is 0 Å². The van der Waals surface area contributed by atoms with Crippen molar-refractivity contribution < 1.29 is 4.92 Å². The standard InChI is InChI=1S/C7H5NO2S/c1-2-3-6-4-5-7(11-6)8(9)10/h4-5H,1H3. The van der Waals surface area contributed by atoms with Crippen molar-refractivity contribution >= 4 is 16.3 Å². The maximum Gasteiger partial charge on any atom is 0.325 e. The fourth-order valence-corrected chi connectivity index (χ4v) is 1.34. The molecule has 56 valence electrons. The summed E-state index contributed by atoms with van der Waals surface area (Å²) in [6.45, 7) is 1.70. The highest BCUT2D eigenvalue weighted by Crippen LogP contribution is 2.22. The van der Waals surface area contributed by atoms with E-state index in [2.05, 4.69) is 11.8 Å². The second-order valence-corrected chi connectivity index (χ2v) is 2.83. The third-order valence-corrected chi connectivity index (χ3v) is 1.97. The molecular formula is C7H5NO2S. The normalized spacial score (nSPS) is 8.45. The smallest absolute Gasteiger partial charge is 0.258 e. The molecule has 0 aliphatic heterocycles. The van der Waals surface area contributed by atoms with Crippen LogP contribution in [0.25, 0.3) is 0 Å². The Morgan fingerprint density at radius 1 is 1.64 bits per heavy atom. The summed E-state index contributed by atoms with van der Waals surface area (Å²) in [6, 6.07) is 3.11. The molecule has 0 unspecified atom stereocenters. The average molecular weight is 167 g/mol. The number of nitro groups is 1. The first-order valence-corrected chi connectivity index (χ1v) is 3.72. The summed E-state index contributed by atoms with van der Waals surface area (Å²) in [5.74, 6) is 5.42. The van der Waals surface area contributed by atoms with Crippen LogP contribution in [-0.4, -0.2) is 4.92 Å². The van der Waals surface area contributed by atoms with E-state index in [1.165, 1.54) is 6.07 Å². The summed E-state index contributed by atoms with van der Waals surface area (Å²) in [7, 11) is 0. The molecule has 1 aromatic rings. The van der Waals surface area contributed by atoms with Crippen molar-refractivity contribution in [2.75, 3.05) is 0 Å². The van der Waals surface area contributed by atoms with Crippen molar-refractivity contribution in [3.8, 4) is 11.8 Å². The first-order valence-electron chi connectivity index (χ1n) is 2.91. The first kappa shape index (κ1) is 7.76. The Kier molecular flexibility index (Phi) is 2.24. The van der Waals surface area contributed by atoms with Crippen LogP contribution in [0.4, 0.5) is 5.00 Å². The monoisotopic (exact) mass is 167 g/mol. The van der Waals surface area contributed by atoms with Gasteiger partial charge in [-0.3, -0.25) is 10.1 Å². The summed E-state index contributed by atoms with van der Waals surface area (Å²) in [4.78, 5) is 10.5. The van der Waals surface area contributed by atoms with Crippen molar-refractivity contribution in [2.24, 2.45) is 0 Å².